The van der Waals surface area contributed by atoms with Crippen LogP contribution in [0, 0.1) is 0 Å². The summed E-state index contributed by atoms with van der Waals surface area (Å²) in [5.41, 5.74) is 1.12. The first-order valence-corrected chi connectivity index (χ1v) is 7.70. The number of aromatic nitrogens is 3. The van der Waals surface area contributed by atoms with Crippen molar-refractivity contribution in [2.75, 3.05) is 13.1 Å². The van der Waals surface area contributed by atoms with Crippen LogP contribution in [-0.2, 0) is 13.1 Å². The van der Waals surface area contributed by atoms with Crippen LogP contribution in [0.3, 0.4) is 0 Å². The van der Waals surface area contributed by atoms with Crippen LogP contribution in [0.1, 0.15) is 53.7 Å². The van der Waals surface area contributed by atoms with Gasteiger partial charge in [0.25, 0.3) is 0 Å². The molecule has 0 aromatic carbocycles. The summed E-state index contributed by atoms with van der Waals surface area (Å²) in [5, 5.41) is 11.9. The van der Waals surface area contributed by atoms with Gasteiger partial charge in [0.1, 0.15) is 0 Å². The maximum absolute atomic E-state index is 4.22. The first-order chi connectivity index (χ1) is 9.31. The van der Waals surface area contributed by atoms with E-state index in [1.807, 2.05) is 10.9 Å². The molecule has 0 aliphatic heterocycles. The normalized spacial score (nSPS) is 12.6. The van der Waals surface area contributed by atoms with Crippen molar-refractivity contribution in [1.29, 1.82) is 0 Å². The summed E-state index contributed by atoms with van der Waals surface area (Å²) in [6.07, 6.45) is 3.24. The molecule has 0 fully saturated rings. The minimum Gasteiger partial charge on any atom is -0.306 e. The number of rotatable bonds is 8. The lowest BCUT2D eigenvalue weighted by Crippen LogP contribution is -2.35. The largest absolute Gasteiger partial charge is 0.306 e. The molecule has 0 amide bonds. The molecular formula is C15H31N5. The zero-order valence-corrected chi connectivity index (χ0v) is 14.0. The molecule has 5 nitrogen and oxygen atoms in total. The highest BCUT2D eigenvalue weighted by Crippen LogP contribution is 2.03. The number of nitrogens with zero attached hydrogens (tertiary/aromatic N) is 4. The minimum atomic E-state index is 0.110. The summed E-state index contributed by atoms with van der Waals surface area (Å²) in [7, 11) is 0. The van der Waals surface area contributed by atoms with Crippen molar-refractivity contribution in [2.24, 2.45) is 0 Å². The van der Waals surface area contributed by atoms with Crippen molar-refractivity contribution in [2.45, 2.75) is 72.6 Å². The van der Waals surface area contributed by atoms with Crippen molar-refractivity contribution in [3.63, 3.8) is 0 Å². The van der Waals surface area contributed by atoms with Crippen molar-refractivity contribution in [3.05, 3.63) is 11.9 Å². The first-order valence-electron chi connectivity index (χ1n) is 7.70. The lowest BCUT2D eigenvalue weighted by molar-refractivity contribution is 0.210. The van der Waals surface area contributed by atoms with E-state index in [0.717, 1.165) is 31.9 Å². The Hall–Kier alpha value is -0.940. The zero-order valence-electron chi connectivity index (χ0n) is 14.0. The van der Waals surface area contributed by atoms with E-state index < -0.39 is 0 Å². The van der Waals surface area contributed by atoms with E-state index in [4.69, 9.17) is 0 Å². The van der Waals surface area contributed by atoms with E-state index in [1.165, 1.54) is 6.42 Å². The summed E-state index contributed by atoms with van der Waals surface area (Å²) < 4.78 is 1.95. The maximum atomic E-state index is 4.22. The Bertz CT molecular complexity index is 378. The van der Waals surface area contributed by atoms with Gasteiger partial charge in [0.2, 0.25) is 0 Å². The van der Waals surface area contributed by atoms with Crippen LogP contribution in [0.25, 0.3) is 0 Å². The molecule has 1 heterocycles. The SMILES string of the molecule is CCCN(CCn1cc(CNC(C)(C)C)nn1)C(C)C. The van der Waals surface area contributed by atoms with Gasteiger partial charge in [0.05, 0.1) is 12.2 Å². The van der Waals surface area contributed by atoms with Gasteiger partial charge in [-0.15, -0.1) is 5.10 Å². The van der Waals surface area contributed by atoms with E-state index in [1.54, 1.807) is 0 Å². The van der Waals surface area contributed by atoms with Crippen molar-refractivity contribution < 1.29 is 0 Å². The van der Waals surface area contributed by atoms with E-state index in [9.17, 15) is 0 Å². The molecule has 0 spiro atoms. The average molecular weight is 281 g/mol. The molecule has 0 bridgehead atoms. The van der Waals surface area contributed by atoms with Gasteiger partial charge < -0.3 is 5.32 Å². The van der Waals surface area contributed by atoms with Crippen LogP contribution in [0.5, 0.6) is 0 Å². The molecule has 116 valence electrons. The van der Waals surface area contributed by atoms with Crippen LogP contribution >= 0.6 is 0 Å². The molecule has 20 heavy (non-hydrogen) atoms. The Morgan fingerprint density at radius 2 is 2.00 bits per heavy atom. The molecule has 0 atom stereocenters. The summed E-state index contributed by atoms with van der Waals surface area (Å²) >= 11 is 0. The van der Waals surface area contributed by atoms with Crippen molar-refractivity contribution in [1.82, 2.24) is 25.2 Å². The van der Waals surface area contributed by atoms with E-state index in [2.05, 4.69) is 62.1 Å². The smallest absolute Gasteiger partial charge is 0.0965 e. The van der Waals surface area contributed by atoms with Gasteiger partial charge >= 0.3 is 0 Å². The number of hydrogen-bond donors (Lipinski definition) is 1. The number of nitrogens with one attached hydrogen (secondary N) is 1. The van der Waals surface area contributed by atoms with Gasteiger partial charge in [0.15, 0.2) is 0 Å². The van der Waals surface area contributed by atoms with E-state index in [0.29, 0.717) is 6.04 Å². The van der Waals surface area contributed by atoms with Crippen LogP contribution in [-0.4, -0.2) is 44.6 Å². The zero-order chi connectivity index (χ0) is 15.2. The fourth-order valence-electron chi connectivity index (χ4n) is 2.03. The van der Waals surface area contributed by atoms with Gasteiger partial charge in [-0.25, -0.2) is 0 Å². The molecule has 1 aromatic heterocycles. The van der Waals surface area contributed by atoms with Gasteiger partial charge in [0, 0.05) is 30.9 Å². The molecule has 0 aliphatic carbocycles. The predicted octanol–water partition coefficient (Wildman–Crippen LogP) is 2.29. The lowest BCUT2D eigenvalue weighted by atomic mass is 10.1. The second-order valence-corrected chi connectivity index (χ2v) is 6.71. The summed E-state index contributed by atoms with van der Waals surface area (Å²) in [6.45, 7) is 17.0. The molecular weight excluding hydrogens is 250 g/mol. The third kappa shape index (κ3) is 6.48. The summed E-state index contributed by atoms with van der Waals surface area (Å²) in [6, 6.07) is 0.584. The van der Waals surface area contributed by atoms with Crippen LogP contribution < -0.4 is 5.32 Å². The minimum absolute atomic E-state index is 0.110. The Kier molecular flexibility index (Phi) is 6.62. The Balaban J connectivity index is 2.43. The molecule has 1 aromatic rings. The first kappa shape index (κ1) is 17.1. The highest BCUT2D eigenvalue weighted by Gasteiger charge is 2.11. The highest BCUT2D eigenvalue weighted by atomic mass is 15.4. The fraction of sp³-hybridized carbons (Fsp3) is 0.867. The number of hydrogen-bond acceptors (Lipinski definition) is 4. The monoisotopic (exact) mass is 281 g/mol. The Morgan fingerprint density at radius 1 is 1.30 bits per heavy atom. The van der Waals surface area contributed by atoms with Crippen LogP contribution in [0.2, 0.25) is 0 Å². The molecule has 0 aliphatic rings. The second kappa shape index (κ2) is 7.74. The van der Waals surface area contributed by atoms with Gasteiger partial charge in [-0.1, -0.05) is 12.1 Å². The maximum Gasteiger partial charge on any atom is 0.0965 e. The molecule has 0 radical (unpaired) electrons. The van der Waals surface area contributed by atoms with Crippen LogP contribution in [0.15, 0.2) is 6.20 Å². The molecule has 1 rings (SSSR count). The third-order valence-electron chi connectivity index (χ3n) is 3.24. The lowest BCUT2D eigenvalue weighted by Gasteiger charge is -2.25. The molecule has 0 saturated carbocycles. The Morgan fingerprint density at radius 3 is 2.55 bits per heavy atom. The highest BCUT2D eigenvalue weighted by molar-refractivity contribution is 4.93. The molecule has 5 heteroatoms. The van der Waals surface area contributed by atoms with Gasteiger partial charge in [-0.05, 0) is 47.6 Å². The predicted molar refractivity (Wildman–Crippen MR) is 83.6 cm³/mol. The molecule has 0 unspecified atom stereocenters. The average Bonchev–Trinajstić information content (AvgIpc) is 2.78. The summed E-state index contributed by atoms with van der Waals surface area (Å²) in [4.78, 5) is 2.48. The fourth-order valence-corrected chi connectivity index (χ4v) is 2.03. The standard InChI is InChI=1S/C15H31N5/c1-7-8-19(13(2)3)9-10-20-12-14(17-18-20)11-16-15(4,5)6/h12-13,16H,7-11H2,1-6H3. The third-order valence-corrected chi connectivity index (χ3v) is 3.24. The second-order valence-electron chi connectivity index (χ2n) is 6.71. The van der Waals surface area contributed by atoms with Crippen LogP contribution in [0.4, 0.5) is 0 Å². The Labute approximate surface area is 123 Å². The summed E-state index contributed by atoms with van der Waals surface area (Å²) in [5.74, 6) is 0. The molecule has 0 saturated heterocycles. The molecule has 1 N–H and O–H groups in total. The quantitative estimate of drug-likeness (QED) is 0.794. The van der Waals surface area contributed by atoms with Gasteiger partial charge in [-0.3, -0.25) is 9.58 Å². The topological polar surface area (TPSA) is 46.0 Å². The van der Waals surface area contributed by atoms with E-state index in [-0.39, 0.29) is 5.54 Å². The van der Waals surface area contributed by atoms with E-state index >= 15 is 0 Å². The van der Waals surface area contributed by atoms with Gasteiger partial charge in [-0.2, -0.15) is 0 Å². The van der Waals surface area contributed by atoms with Crippen molar-refractivity contribution in [3.8, 4) is 0 Å². The van der Waals surface area contributed by atoms with Crippen molar-refractivity contribution >= 4 is 0 Å².